The first-order chi connectivity index (χ1) is 11.6. The molecule has 0 saturated carbocycles. The minimum atomic E-state index is -0.0204. The zero-order valence-corrected chi connectivity index (χ0v) is 14.2. The first kappa shape index (κ1) is 15.2. The molecule has 4 rings (SSSR count). The molecule has 0 unspecified atom stereocenters. The summed E-state index contributed by atoms with van der Waals surface area (Å²) in [7, 11) is 0. The molecule has 0 aliphatic carbocycles. The molecule has 120 valence electrons. The van der Waals surface area contributed by atoms with Crippen LogP contribution < -0.4 is 11.1 Å². The van der Waals surface area contributed by atoms with Crippen molar-refractivity contribution < 1.29 is 4.79 Å². The van der Waals surface area contributed by atoms with Crippen molar-refractivity contribution in [1.82, 2.24) is 10.3 Å². The lowest BCUT2D eigenvalue weighted by Gasteiger charge is -2.17. The summed E-state index contributed by atoms with van der Waals surface area (Å²) >= 11 is 7.80. The molecule has 24 heavy (non-hydrogen) atoms. The Bertz CT molecular complexity index is 951. The van der Waals surface area contributed by atoms with Crippen LogP contribution in [0, 0.1) is 0 Å². The van der Waals surface area contributed by atoms with Gasteiger partial charge in [-0.05, 0) is 41.1 Å². The molecule has 0 saturated heterocycles. The van der Waals surface area contributed by atoms with E-state index in [4.69, 9.17) is 17.3 Å². The summed E-state index contributed by atoms with van der Waals surface area (Å²) < 4.78 is 0. The Balaban J connectivity index is 1.82. The highest BCUT2D eigenvalue weighted by molar-refractivity contribution is 7.14. The third kappa shape index (κ3) is 2.56. The number of pyridine rings is 1. The molecule has 1 aliphatic rings. The van der Waals surface area contributed by atoms with Gasteiger partial charge >= 0.3 is 0 Å². The van der Waals surface area contributed by atoms with Gasteiger partial charge in [-0.25, -0.2) is 4.98 Å². The first-order valence-electron chi connectivity index (χ1n) is 7.54. The van der Waals surface area contributed by atoms with Gasteiger partial charge in [-0.2, -0.15) is 0 Å². The van der Waals surface area contributed by atoms with Gasteiger partial charge in [0.2, 0.25) is 0 Å². The van der Waals surface area contributed by atoms with Gasteiger partial charge in [-0.15, -0.1) is 11.3 Å². The SMILES string of the molecule is Nc1ncc(-c2sccc2Cl)cc1-c1ccc2c(c1)CCNC2=O. The van der Waals surface area contributed by atoms with Crippen LogP contribution in [0.25, 0.3) is 21.6 Å². The third-order valence-electron chi connectivity index (χ3n) is 4.14. The number of nitrogens with zero attached hydrogens (tertiary/aromatic N) is 1. The second kappa shape index (κ2) is 5.92. The van der Waals surface area contributed by atoms with Crippen LogP contribution in [0.15, 0.2) is 41.9 Å². The van der Waals surface area contributed by atoms with Crippen molar-refractivity contribution in [1.29, 1.82) is 0 Å². The van der Waals surface area contributed by atoms with E-state index in [2.05, 4.69) is 10.3 Å². The standard InChI is InChI=1S/C18H14ClN3OS/c19-15-4-6-24-16(15)12-8-14(17(20)22-9-12)10-1-2-13-11(7-10)3-5-21-18(13)23/h1-2,4,6-9H,3,5H2,(H2,20,22)(H,21,23). The summed E-state index contributed by atoms with van der Waals surface area (Å²) in [6.07, 6.45) is 2.56. The smallest absolute Gasteiger partial charge is 0.251 e. The van der Waals surface area contributed by atoms with E-state index in [1.54, 1.807) is 17.5 Å². The number of nitrogen functional groups attached to an aromatic ring is 1. The predicted molar refractivity (Wildman–Crippen MR) is 98.4 cm³/mol. The fraction of sp³-hybridized carbons (Fsp3) is 0.111. The molecule has 0 bridgehead atoms. The molecule has 4 nitrogen and oxygen atoms in total. The van der Waals surface area contributed by atoms with Crippen LogP contribution in [0.5, 0.6) is 0 Å². The minimum Gasteiger partial charge on any atom is -0.383 e. The fourth-order valence-corrected chi connectivity index (χ4v) is 4.07. The van der Waals surface area contributed by atoms with Crippen molar-refractivity contribution in [2.45, 2.75) is 6.42 Å². The number of fused-ring (bicyclic) bond motifs is 1. The fourth-order valence-electron chi connectivity index (χ4n) is 2.93. The largest absolute Gasteiger partial charge is 0.383 e. The van der Waals surface area contributed by atoms with Crippen LogP contribution >= 0.6 is 22.9 Å². The summed E-state index contributed by atoms with van der Waals surface area (Å²) in [6, 6.07) is 9.67. The molecule has 3 aromatic rings. The number of benzene rings is 1. The van der Waals surface area contributed by atoms with Crippen LogP contribution in [0.1, 0.15) is 15.9 Å². The summed E-state index contributed by atoms with van der Waals surface area (Å²) in [5.74, 6) is 0.444. The number of halogens is 1. The van der Waals surface area contributed by atoms with Gasteiger partial charge in [0.05, 0.1) is 9.90 Å². The normalized spacial score (nSPS) is 13.5. The van der Waals surface area contributed by atoms with Crippen LogP contribution in [0.4, 0.5) is 5.82 Å². The average molecular weight is 356 g/mol. The number of amides is 1. The van der Waals surface area contributed by atoms with Gasteiger partial charge in [0, 0.05) is 29.4 Å². The van der Waals surface area contributed by atoms with Gasteiger partial charge in [0.1, 0.15) is 5.82 Å². The number of hydrogen-bond donors (Lipinski definition) is 2. The molecule has 0 atom stereocenters. The van der Waals surface area contributed by atoms with Gasteiger partial charge in [0.25, 0.3) is 5.91 Å². The molecule has 1 amide bonds. The minimum absolute atomic E-state index is 0.0204. The van der Waals surface area contributed by atoms with Gasteiger partial charge in [-0.1, -0.05) is 23.7 Å². The van der Waals surface area contributed by atoms with Gasteiger partial charge in [0.15, 0.2) is 0 Å². The van der Waals surface area contributed by atoms with Crippen LogP contribution in [-0.2, 0) is 6.42 Å². The molecule has 0 fully saturated rings. The molecule has 0 spiro atoms. The summed E-state index contributed by atoms with van der Waals surface area (Å²) in [4.78, 5) is 17.2. The first-order valence-corrected chi connectivity index (χ1v) is 8.79. The number of thiophene rings is 1. The number of nitrogens with one attached hydrogen (secondary N) is 1. The number of aromatic nitrogens is 1. The van der Waals surface area contributed by atoms with E-state index in [9.17, 15) is 4.79 Å². The highest BCUT2D eigenvalue weighted by Crippen LogP contribution is 2.36. The number of carbonyl (C=O) groups excluding carboxylic acids is 1. The molecule has 1 aromatic carbocycles. The van der Waals surface area contributed by atoms with Crippen molar-refractivity contribution in [3.63, 3.8) is 0 Å². The highest BCUT2D eigenvalue weighted by atomic mass is 35.5. The topological polar surface area (TPSA) is 68.0 Å². The zero-order valence-electron chi connectivity index (χ0n) is 12.7. The van der Waals surface area contributed by atoms with E-state index >= 15 is 0 Å². The molecule has 6 heteroatoms. The summed E-state index contributed by atoms with van der Waals surface area (Å²) in [5, 5.41) is 5.51. The number of carbonyl (C=O) groups is 1. The van der Waals surface area contributed by atoms with Crippen molar-refractivity contribution in [2.24, 2.45) is 0 Å². The van der Waals surface area contributed by atoms with Crippen LogP contribution in [-0.4, -0.2) is 17.4 Å². The van der Waals surface area contributed by atoms with Crippen molar-refractivity contribution >= 4 is 34.7 Å². The van der Waals surface area contributed by atoms with Gasteiger partial charge < -0.3 is 11.1 Å². The van der Waals surface area contributed by atoms with E-state index in [0.717, 1.165) is 39.1 Å². The molecule has 1 aliphatic heterocycles. The molecule has 3 N–H and O–H groups in total. The van der Waals surface area contributed by atoms with E-state index in [-0.39, 0.29) is 5.91 Å². The van der Waals surface area contributed by atoms with Gasteiger partial charge in [-0.3, -0.25) is 4.79 Å². The molecule has 3 heterocycles. The van der Waals surface area contributed by atoms with Crippen LogP contribution in [0.3, 0.4) is 0 Å². The number of nitrogens with two attached hydrogens (primary N) is 1. The Hall–Kier alpha value is -2.37. The lowest BCUT2D eigenvalue weighted by molar-refractivity contribution is 0.0946. The molecular formula is C18H14ClN3OS. The quantitative estimate of drug-likeness (QED) is 0.730. The highest BCUT2D eigenvalue weighted by Gasteiger charge is 2.18. The lowest BCUT2D eigenvalue weighted by Crippen LogP contribution is -2.31. The summed E-state index contributed by atoms with van der Waals surface area (Å²) in [5.41, 5.74) is 10.6. The van der Waals surface area contributed by atoms with Crippen molar-refractivity contribution in [3.8, 4) is 21.6 Å². The van der Waals surface area contributed by atoms with E-state index < -0.39 is 0 Å². The van der Waals surface area contributed by atoms with E-state index in [1.807, 2.05) is 35.7 Å². The van der Waals surface area contributed by atoms with Crippen molar-refractivity contribution in [2.75, 3.05) is 12.3 Å². The zero-order chi connectivity index (χ0) is 16.7. The Morgan fingerprint density at radius 3 is 2.83 bits per heavy atom. The number of hydrogen-bond acceptors (Lipinski definition) is 4. The van der Waals surface area contributed by atoms with E-state index in [0.29, 0.717) is 17.4 Å². The maximum atomic E-state index is 11.9. The predicted octanol–water partition coefficient (Wildman–Crippen LogP) is 4.00. The Labute approximate surface area is 148 Å². The Morgan fingerprint density at radius 2 is 2.04 bits per heavy atom. The second-order valence-corrected chi connectivity index (χ2v) is 6.96. The molecule has 2 aromatic heterocycles. The third-order valence-corrected chi connectivity index (χ3v) is 5.53. The van der Waals surface area contributed by atoms with Crippen molar-refractivity contribution in [3.05, 3.63) is 58.1 Å². The number of anilines is 1. The maximum absolute atomic E-state index is 11.9. The second-order valence-electron chi connectivity index (χ2n) is 5.63. The average Bonchev–Trinajstić information content (AvgIpc) is 3.01. The number of rotatable bonds is 2. The molecular weight excluding hydrogens is 342 g/mol. The Morgan fingerprint density at radius 1 is 1.17 bits per heavy atom. The monoisotopic (exact) mass is 355 g/mol. The summed E-state index contributed by atoms with van der Waals surface area (Å²) in [6.45, 7) is 0.661. The molecule has 0 radical (unpaired) electrons. The van der Waals surface area contributed by atoms with E-state index in [1.165, 1.54) is 0 Å². The van der Waals surface area contributed by atoms with Crippen LogP contribution in [0.2, 0.25) is 5.02 Å². The Kier molecular flexibility index (Phi) is 3.75. The maximum Gasteiger partial charge on any atom is 0.251 e. The lowest BCUT2D eigenvalue weighted by atomic mass is 9.94.